The molecule has 0 fully saturated rings. The summed E-state index contributed by atoms with van der Waals surface area (Å²) in [5.74, 6) is 0.605. The Labute approximate surface area is 163 Å². The van der Waals surface area contributed by atoms with Crippen molar-refractivity contribution in [1.29, 1.82) is 0 Å². The normalized spacial score (nSPS) is 14.1. The maximum atomic E-state index is 12.6. The lowest BCUT2D eigenvalue weighted by atomic mass is 10.0. The third-order valence-electron chi connectivity index (χ3n) is 4.06. The molecule has 2 heterocycles. The molecule has 0 N–H and O–H groups in total. The first-order chi connectivity index (χ1) is 13.0. The molecule has 1 aromatic heterocycles. The number of esters is 1. The quantitative estimate of drug-likeness (QED) is 0.329. The van der Waals surface area contributed by atoms with Crippen LogP contribution in [-0.2, 0) is 0 Å². The smallest absolute Gasteiger partial charge is 0.344 e. The van der Waals surface area contributed by atoms with Crippen LogP contribution in [0.4, 0.5) is 0 Å². The molecule has 134 valence electrons. The van der Waals surface area contributed by atoms with Gasteiger partial charge < -0.3 is 13.9 Å². The highest BCUT2D eigenvalue weighted by Crippen LogP contribution is 2.37. The number of ether oxygens (including phenoxy) is 2. The van der Waals surface area contributed by atoms with Gasteiger partial charge in [0.05, 0.1) is 17.4 Å². The number of fused-ring (bicyclic) bond motifs is 1. The van der Waals surface area contributed by atoms with Crippen LogP contribution in [0.2, 0.25) is 0 Å². The zero-order chi connectivity index (χ0) is 19.0. The molecule has 6 heteroatoms. The lowest BCUT2D eigenvalue weighted by molar-refractivity contribution is 0.0733. The predicted octanol–water partition coefficient (Wildman–Crippen LogP) is 5.19. The van der Waals surface area contributed by atoms with E-state index in [9.17, 15) is 9.59 Å². The number of halogens is 1. The van der Waals surface area contributed by atoms with Crippen LogP contribution in [0.1, 0.15) is 32.0 Å². The Morgan fingerprint density at radius 3 is 2.70 bits per heavy atom. The molecule has 3 aromatic rings. The average Bonchev–Trinajstić information content (AvgIpc) is 3.24. The topological polar surface area (TPSA) is 65.7 Å². The van der Waals surface area contributed by atoms with E-state index < -0.39 is 5.97 Å². The van der Waals surface area contributed by atoms with Crippen LogP contribution in [0.25, 0.3) is 6.08 Å². The van der Waals surface area contributed by atoms with Gasteiger partial charge in [-0.1, -0.05) is 12.1 Å². The van der Waals surface area contributed by atoms with Crippen molar-refractivity contribution in [2.45, 2.75) is 6.92 Å². The van der Waals surface area contributed by atoms with Crippen molar-refractivity contribution < 1.29 is 23.5 Å². The fraction of sp³-hybridized carbons (Fsp3) is 0.0476. The summed E-state index contributed by atoms with van der Waals surface area (Å²) in [5.41, 5.74) is 1.52. The first-order valence-corrected chi connectivity index (χ1v) is 8.91. The third-order valence-corrected chi connectivity index (χ3v) is 4.76. The highest BCUT2D eigenvalue weighted by Gasteiger charge is 2.30. The molecule has 5 nitrogen and oxygen atoms in total. The van der Waals surface area contributed by atoms with Gasteiger partial charge in [0, 0.05) is 16.6 Å². The largest absolute Gasteiger partial charge is 0.465 e. The van der Waals surface area contributed by atoms with Crippen LogP contribution in [0, 0.1) is 6.92 Å². The van der Waals surface area contributed by atoms with Gasteiger partial charge in [0.15, 0.2) is 5.76 Å². The Balaban J connectivity index is 1.63. The average molecular weight is 425 g/mol. The molecule has 0 radical (unpaired) electrons. The van der Waals surface area contributed by atoms with Crippen LogP contribution in [0.5, 0.6) is 11.5 Å². The third kappa shape index (κ3) is 3.31. The standard InChI is InChI=1S/C21H13BrO5/c1-12-9-14(26-21(24)15-6-2-3-7-16(15)22)11-17-19(12)20(23)18(27-17)10-13-5-4-8-25-13/h2-11H,1H3/b18-10-. The van der Waals surface area contributed by atoms with E-state index in [1.807, 2.05) is 6.07 Å². The van der Waals surface area contributed by atoms with Gasteiger partial charge in [-0.25, -0.2) is 4.79 Å². The fourth-order valence-corrected chi connectivity index (χ4v) is 3.27. The first-order valence-electron chi connectivity index (χ1n) is 8.12. The molecule has 0 spiro atoms. The molecule has 0 aliphatic carbocycles. The number of benzene rings is 2. The highest BCUT2D eigenvalue weighted by molar-refractivity contribution is 9.10. The van der Waals surface area contributed by atoms with Gasteiger partial charge in [0.2, 0.25) is 5.78 Å². The van der Waals surface area contributed by atoms with E-state index in [2.05, 4.69) is 15.9 Å². The summed E-state index contributed by atoms with van der Waals surface area (Å²) in [6.07, 6.45) is 3.05. The van der Waals surface area contributed by atoms with Gasteiger partial charge in [0.25, 0.3) is 0 Å². The van der Waals surface area contributed by atoms with Crippen LogP contribution in [-0.4, -0.2) is 11.8 Å². The summed E-state index contributed by atoms with van der Waals surface area (Å²) < 4.78 is 17.0. The Kier molecular flexibility index (Phi) is 4.41. The molecule has 4 rings (SSSR count). The van der Waals surface area contributed by atoms with Crippen LogP contribution in [0.3, 0.4) is 0 Å². The van der Waals surface area contributed by atoms with Gasteiger partial charge in [-0.3, -0.25) is 4.79 Å². The van der Waals surface area contributed by atoms with Crippen molar-refractivity contribution in [3.8, 4) is 11.5 Å². The lowest BCUT2D eigenvalue weighted by Gasteiger charge is -2.08. The van der Waals surface area contributed by atoms with E-state index in [0.29, 0.717) is 38.4 Å². The zero-order valence-corrected chi connectivity index (χ0v) is 15.8. The number of hydrogen-bond donors (Lipinski definition) is 0. The summed E-state index contributed by atoms with van der Waals surface area (Å²) in [5, 5.41) is 0. The van der Waals surface area contributed by atoms with E-state index in [4.69, 9.17) is 13.9 Å². The summed E-state index contributed by atoms with van der Waals surface area (Å²) in [7, 11) is 0. The number of furan rings is 1. The molecule has 0 saturated carbocycles. The Hall–Kier alpha value is -3.12. The minimum Gasteiger partial charge on any atom is -0.465 e. The van der Waals surface area contributed by atoms with Crippen molar-refractivity contribution in [3.63, 3.8) is 0 Å². The van der Waals surface area contributed by atoms with E-state index in [1.165, 1.54) is 18.4 Å². The molecule has 1 aliphatic heterocycles. The summed E-state index contributed by atoms with van der Waals surface area (Å²) in [6, 6.07) is 13.6. The van der Waals surface area contributed by atoms with Gasteiger partial charge in [0.1, 0.15) is 17.3 Å². The van der Waals surface area contributed by atoms with E-state index in [0.717, 1.165) is 0 Å². The van der Waals surface area contributed by atoms with Gasteiger partial charge in [-0.2, -0.15) is 0 Å². The van der Waals surface area contributed by atoms with Crippen molar-refractivity contribution in [2.75, 3.05) is 0 Å². The van der Waals surface area contributed by atoms with Gasteiger partial charge in [-0.05, 0) is 58.7 Å². The second kappa shape index (κ2) is 6.89. The molecule has 0 atom stereocenters. The van der Waals surface area contributed by atoms with Crippen LogP contribution < -0.4 is 9.47 Å². The SMILES string of the molecule is Cc1cc(OC(=O)c2ccccc2Br)cc2c1C(=O)/C(=C/c1ccco1)O2. The monoisotopic (exact) mass is 424 g/mol. The van der Waals surface area contributed by atoms with Crippen molar-refractivity contribution in [1.82, 2.24) is 0 Å². The van der Waals surface area contributed by atoms with Crippen molar-refractivity contribution in [3.05, 3.63) is 87.5 Å². The second-order valence-corrected chi connectivity index (χ2v) is 6.79. The molecular weight excluding hydrogens is 412 g/mol. The Morgan fingerprint density at radius 2 is 1.96 bits per heavy atom. The number of hydrogen-bond acceptors (Lipinski definition) is 5. The van der Waals surface area contributed by atoms with Crippen molar-refractivity contribution in [2.24, 2.45) is 0 Å². The lowest BCUT2D eigenvalue weighted by Crippen LogP contribution is -2.09. The number of ketones is 1. The maximum absolute atomic E-state index is 12.6. The number of rotatable bonds is 3. The fourth-order valence-electron chi connectivity index (χ4n) is 2.83. The molecule has 1 aliphatic rings. The molecule has 0 bridgehead atoms. The summed E-state index contributed by atoms with van der Waals surface area (Å²) in [4.78, 5) is 25.0. The van der Waals surface area contributed by atoms with Crippen molar-refractivity contribution >= 4 is 33.8 Å². The van der Waals surface area contributed by atoms with Crippen LogP contribution >= 0.6 is 15.9 Å². The number of carbonyl (C=O) groups excluding carboxylic acids is 2. The molecule has 0 amide bonds. The van der Waals surface area contributed by atoms with E-state index >= 15 is 0 Å². The molecule has 0 unspecified atom stereocenters. The highest BCUT2D eigenvalue weighted by atomic mass is 79.9. The maximum Gasteiger partial charge on any atom is 0.344 e. The number of allylic oxidation sites excluding steroid dienone is 1. The molecular formula is C21H13BrO5. The van der Waals surface area contributed by atoms with E-state index in [-0.39, 0.29) is 11.5 Å². The minimum atomic E-state index is -0.502. The molecule has 27 heavy (non-hydrogen) atoms. The predicted molar refractivity (Wildman–Crippen MR) is 102 cm³/mol. The van der Waals surface area contributed by atoms with Crippen LogP contribution in [0.15, 0.2) is 69.4 Å². The van der Waals surface area contributed by atoms with E-state index in [1.54, 1.807) is 43.3 Å². The second-order valence-electron chi connectivity index (χ2n) is 5.94. The summed E-state index contributed by atoms with van der Waals surface area (Å²) >= 11 is 3.33. The minimum absolute atomic E-state index is 0.164. The first kappa shape index (κ1) is 17.3. The molecule has 2 aromatic carbocycles. The Morgan fingerprint density at radius 1 is 1.15 bits per heavy atom. The number of aryl methyl sites for hydroxylation is 1. The molecule has 0 saturated heterocycles. The van der Waals surface area contributed by atoms with Gasteiger partial charge in [-0.15, -0.1) is 0 Å². The van der Waals surface area contributed by atoms with Gasteiger partial charge >= 0.3 is 5.97 Å². The number of carbonyl (C=O) groups is 2. The Bertz CT molecular complexity index is 1080. The summed E-state index contributed by atoms with van der Waals surface area (Å²) in [6.45, 7) is 1.77. The zero-order valence-electron chi connectivity index (χ0n) is 14.2. The number of Topliss-reactive ketones (excluding diaryl/α,β-unsaturated/α-hetero) is 1.